The number of nitrogens with zero attached hydrogens (tertiary/aromatic N) is 2. The van der Waals surface area contributed by atoms with Crippen LogP contribution in [0.5, 0.6) is 0 Å². The van der Waals surface area contributed by atoms with Crippen LogP contribution in [0.25, 0.3) is 10.9 Å². The zero-order valence-corrected chi connectivity index (χ0v) is 20.3. The summed E-state index contributed by atoms with van der Waals surface area (Å²) in [6.45, 7) is 15.8. The van der Waals surface area contributed by atoms with Crippen molar-refractivity contribution < 1.29 is 18.4 Å². The largest absolute Gasteiger partial charge is 0.497 e. The van der Waals surface area contributed by atoms with Gasteiger partial charge in [0.15, 0.2) is 0 Å². The van der Waals surface area contributed by atoms with E-state index in [1.54, 1.807) is 16.9 Å². The second-order valence-corrected chi connectivity index (χ2v) is 16.0. The maximum Gasteiger partial charge on any atom is 0.497 e. The Balaban J connectivity index is 1.88. The molecule has 0 bridgehead atoms. The third kappa shape index (κ3) is 4.23. The highest BCUT2D eigenvalue weighted by molar-refractivity contribution is 9.10. The van der Waals surface area contributed by atoms with E-state index in [1.807, 2.05) is 27.7 Å². The molecule has 154 valence electrons. The first-order valence-corrected chi connectivity index (χ1v) is 14.1. The molecule has 0 spiro atoms. The van der Waals surface area contributed by atoms with Crippen molar-refractivity contribution in [1.82, 2.24) is 9.78 Å². The van der Waals surface area contributed by atoms with E-state index in [-0.39, 0.29) is 5.82 Å². The van der Waals surface area contributed by atoms with Crippen LogP contribution in [0, 0.1) is 5.82 Å². The average molecular weight is 471 g/mol. The standard InChI is InChI=1S/C19H29BBrFN2O3Si/c1-18(2)19(3,4)27-20(26-18)14-10-15-13(16(21)17(14)22)11-23-24(15)12-25-8-9-28(5,6)7/h10-11H,8-9,12H2,1-7H3. The third-order valence-electron chi connectivity index (χ3n) is 5.57. The quantitative estimate of drug-likeness (QED) is 0.458. The molecule has 1 saturated heterocycles. The molecule has 1 aromatic carbocycles. The second kappa shape index (κ2) is 7.50. The monoisotopic (exact) mass is 470 g/mol. The Kier molecular flexibility index (Phi) is 5.88. The number of ether oxygens (including phenoxy) is 1. The molecule has 2 heterocycles. The van der Waals surface area contributed by atoms with Gasteiger partial charge in [-0.2, -0.15) is 5.10 Å². The molecule has 0 aliphatic carbocycles. The topological polar surface area (TPSA) is 45.5 Å². The van der Waals surface area contributed by atoms with E-state index in [0.717, 1.165) is 11.6 Å². The second-order valence-electron chi connectivity index (χ2n) is 9.61. The Hall–Kier alpha value is -0.738. The minimum atomic E-state index is -1.15. The molecule has 2 aromatic rings. The number of hydrogen-bond donors (Lipinski definition) is 0. The van der Waals surface area contributed by atoms with Gasteiger partial charge in [-0.1, -0.05) is 19.6 Å². The zero-order valence-electron chi connectivity index (χ0n) is 17.7. The minimum absolute atomic E-state index is 0.328. The molecule has 0 saturated carbocycles. The van der Waals surface area contributed by atoms with E-state index >= 15 is 4.39 Å². The minimum Gasteiger partial charge on any atom is -0.399 e. The van der Waals surface area contributed by atoms with Crippen LogP contribution in [-0.2, 0) is 20.8 Å². The van der Waals surface area contributed by atoms with Crippen LogP contribution in [0.4, 0.5) is 4.39 Å². The van der Waals surface area contributed by atoms with Crippen molar-refractivity contribution in [2.45, 2.75) is 71.3 Å². The fourth-order valence-corrected chi connectivity index (χ4v) is 4.24. The normalized spacial score (nSPS) is 19.0. The molecule has 0 radical (unpaired) electrons. The summed E-state index contributed by atoms with van der Waals surface area (Å²) in [5, 5.41) is 5.08. The van der Waals surface area contributed by atoms with Gasteiger partial charge in [-0.15, -0.1) is 0 Å². The van der Waals surface area contributed by atoms with Gasteiger partial charge in [0.05, 0.1) is 27.4 Å². The number of fused-ring (bicyclic) bond motifs is 1. The van der Waals surface area contributed by atoms with Gasteiger partial charge < -0.3 is 14.0 Å². The molecule has 5 nitrogen and oxygen atoms in total. The fourth-order valence-electron chi connectivity index (χ4n) is 2.95. The van der Waals surface area contributed by atoms with E-state index in [1.165, 1.54) is 0 Å². The third-order valence-corrected chi connectivity index (χ3v) is 8.05. The molecule has 1 aliphatic rings. The summed E-state index contributed by atoms with van der Waals surface area (Å²) < 4.78 is 35.1. The van der Waals surface area contributed by atoms with Crippen LogP contribution < -0.4 is 5.46 Å². The summed E-state index contributed by atoms with van der Waals surface area (Å²) in [6.07, 6.45) is 1.65. The van der Waals surface area contributed by atoms with E-state index < -0.39 is 26.4 Å². The number of halogens is 2. The van der Waals surface area contributed by atoms with Gasteiger partial charge in [-0.05, 0) is 55.7 Å². The molecule has 1 aliphatic heterocycles. The molecular weight excluding hydrogens is 442 g/mol. The number of benzene rings is 1. The fraction of sp³-hybridized carbons (Fsp3) is 0.632. The lowest BCUT2D eigenvalue weighted by Gasteiger charge is -2.32. The highest BCUT2D eigenvalue weighted by Crippen LogP contribution is 2.37. The summed E-state index contributed by atoms with van der Waals surface area (Å²) >= 11 is 3.38. The van der Waals surface area contributed by atoms with Crippen molar-refractivity contribution in [3.8, 4) is 0 Å². The van der Waals surface area contributed by atoms with Crippen LogP contribution in [0.15, 0.2) is 16.7 Å². The average Bonchev–Trinajstić information content (AvgIpc) is 3.04. The summed E-state index contributed by atoms with van der Waals surface area (Å²) in [7, 11) is -1.92. The van der Waals surface area contributed by atoms with E-state index in [4.69, 9.17) is 14.0 Å². The Bertz CT molecular complexity index is 866. The van der Waals surface area contributed by atoms with Crippen LogP contribution in [-0.4, -0.2) is 42.8 Å². The first kappa shape index (κ1) is 22.0. The van der Waals surface area contributed by atoms with Gasteiger partial charge in [-0.25, -0.2) is 9.07 Å². The maximum absolute atomic E-state index is 15.1. The predicted octanol–water partition coefficient (Wildman–Crippen LogP) is 4.55. The van der Waals surface area contributed by atoms with Gasteiger partial charge in [0, 0.05) is 25.5 Å². The van der Waals surface area contributed by atoms with Crippen molar-refractivity contribution in [3.63, 3.8) is 0 Å². The molecule has 3 rings (SSSR count). The maximum atomic E-state index is 15.1. The van der Waals surface area contributed by atoms with E-state index in [0.29, 0.717) is 28.7 Å². The molecule has 9 heteroatoms. The Morgan fingerprint density at radius 1 is 1.21 bits per heavy atom. The van der Waals surface area contributed by atoms with Crippen molar-refractivity contribution >= 4 is 47.5 Å². The predicted molar refractivity (Wildman–Crippen MR) is 117 cm³/mol. The van der Waals surface area contributed by atoms with Crippen molar-refractivity contribution in [2.24, 2.45) is 0 Å². The highest BCUT2D eigenvalue weighted by Gasteiger charge is 2.52. The van der Waals surface area contributed by atoms with Crippen molar-refractivity contribution in [2.75, 3.05) is 6.61 Å². The molecule has 0 amide bonds. The van der Waals surface area contributed by atoms with E-state index in [2.05, 4.69) is 40.7 Å². The Labute approximate surface area is 176 Å². The smallest absolute Gasteiger partial charge is 0.399 e. The van der Waals surface area contributed by atoms with Gasteiger partial charge >= 0.3 is 7.12 Å². The number of aromatic nitrogens is 2. The summed E-state index contributed by atoms with van der Waals surface area (Å²) in [6, 6.07) is 2.84. The molecule has 1 aromatic heterocycles. The lowest BCUT2D eigenvalue weighted by molar-refractivity contribution is 0.00578. The Morgan fingerprint density at radius 2 is 1.82 bits per heavy atom. The highest BCUT2D eigenvalue weighted by atomic mass is 79.9. The number of hydrogen-bond acceptors (Lipinski definition) is 4. The molecule has 1 fully saturated rings. The molecule has 0 atom stereocenters. The SMILES string of the molecule is CC1(C)OB(c2cc3c(cnn3COCC[Si](C)(C)C)c(Br)c2F)OC1(C)C. The lowest BCUT2D eigenvalue weighted by atomic mass is 9.78. The van der Waals surface area contributed by atoms with Crippen LogP contribution in [0.2, 0.25) is 25.7 Å². The molecular formula is C19H29BBrFN2O3Si. The Morgan fingerprint density at radius 3 is 2.39 bits per heavy atom. The summed E-state index contributed by atoms with van der Waals surface area (Å²) in [4.78, 5) is 0. The molecule has 0 N–H and O–H groups in total. The van der Waals surface area contributed by atoms with Gasteiger partial charge in [0.1, 0.15) is 12.5 Å². The van der Waals surface area contributed by atoms with Crippen molar-refractivity contribution in [3.05, 3.63) is 22.6 Å². The molecule has 28 heavy (non-hydrogen) atoms. The van der Waals surface area contributed by atoms with Crippen LogP contribution >= 0.6 is 15.9 Å². The van der Waals surface area contributed by atoms with Gasteiger partial charge in [0.2, 0.25) is 0 Å². The van der Waals surface area contributed by atoms with Crippen LogP contribution in [0.1, 0.15) is 27.7 Å². The van der Waals surface area contributed by atoms with Crippen molar-refractivity contribution in [1.29, 1.82) is 0 Å². The van der Waals surface area contributed by atoms with Gasteiger partial charge in [-0.3, -0.25) is 0 Å². The first-order valence-electron chi connectivity index (χ1n) is 9.59. The summed E-state index contributed by atoms with van der Waals surface area (Å²) in [5.74, 6) is -0.384. The number of rotatable bonds is 6. The van der Waals surface area contributed by atoms with Gasteiger partial charge in [0.25, 0.3) is 0 Å². The zero-order chi connectivity index (χ0) is 20.9. The lowest BCUT2D eigenvalue weighted by Crippen LogP contribution is -2.41. The molecule has 0 unspecified atom stereocenters. The van der Waals surface area contributed by atoms with Crippen LogP contribution in [0.3, 0.4) is 0 Å². The van der Waals surface area contributed by atoms with E-state index in [9.17, 15) is 0 Å². The first-order chi connectivity index (χ1) is 12.8. The summed E-state index contributed by atoms with van der Waals surface area (Å²) in [5.41, 5.74) is 0.0742.